The molecular weight excluding hydrogens is 265 g/mol. The molecule has 0 aliphatic rings. The number of methoxy groups -OCH3 is 1. The van der Waals surface area contributed by atoms with Gasteiger partial charge in [0, 0.05) is 17.1 Å². The van der Waals surface area contributed by atoms with Gasteiger partial charge in [0.1, 0.15) is 5.56 Å². The van der Waals surface area contributed by atoms with Crippen molar-refractivity contribution in [1.82, 2.24) is 9.97 Å². The van der Waals surface area contributed by atoms with E-state index in [0.29, 0.717) is 11.3 Å². The van der Waals surface area contributed by atoms with Crippen LogP contribution in [-0.2, 0) is 6.18 Å². The van der Waals surface area contributed by atoms with Crippen LogP contribution in [0.15, 0.2) is 17.6 Å². The van der Waals surface area contributed by atoms with Crippen molar-refractivity contribution in [1.29, 1.82) is 0 Å². The van der Waals surface area contributed by atoms with Crippen molar-refractivity contribution < 1.29 is 17.9 Å². The topological polar surface area (TPSA) is 35.0 Å². The average Bonchev–Trinajstić information content (AvgIpc) is 2.74. The van der Waals surface area contributed by atoms with Crippen LogP contribution in [0.4, 0.5) is 13.2 Å². The van der Waals surface area contributed by atoms with Gasteiger partial charge in [0.2, 0.25) is 5.88 Å². The molecule has 96 valence electrons. The van der Waals surface area contributed by atoms with Crippen molar-refractivity contribution in [3.05, 3.63) is 28.2 Å². The summed E-state index contributed by atoms with van der Waals surface area (Å²) in [5.41, 5.74) is -0.0845. The van der Waals surface area contributed by atoms with Crippen molar-refractivity contribution in [2.75, 3.05) is 7.11 Å². The summed E-state index contributed by atoms with van der Waals surface area (Å²) in [6.45, 7) is 1.79. The molecular formula is C11H9F3N2OS. The van der Waals surface area contributed by atoms with Crippen molar-refractivity contribution in [3.63, 3.8) is 0 Å². The van der Waals surface area contributed by atoms with Gasteiger partial charge in [0.25, 0.3) is 0 Å². The number of aromatic nitrogens is 2. The van der Waals surface area contributed by atoms with Gasteiger partial charge in [-0.3, -0.25) is 0 Å². The van der Waals surface area contributed by atoms with Gasteiger partial charge < -0.3 is 4.74 Å². The van der Waals surface area contributed by atoms with Crippen LogP contribution >= 0.6 is 11.3 Å². The highest BCUT2D eigenvalue weighted by atomic mass is 32.1. The first-order valence-corrected chi connectivity index (χ1v) is 5.83. The summed E-state index contributed by atoms with van der Waals surface area (Å²) in [6.07, 6.45) is -3.18. The smallest absolute Gasteiger partial charge is 0.421 e. The van der Waals surface area contributed by atoms with Crippen LogP contribution in [-0.4, -0.2) is 17.1 Å². The number of hydrogen-bond donors (Lipinski definition) is 0. The number of pyridine rings is 1. The lowest BCUT2D eigenvalue weighted by Crippen LogP contribution is -2.09. The molecule has 2 aromatic rings. The standard InChI is InChI=1S/C11H9F3N2OS/c1-6-16-9(5-18-6)7-3-8(11(12,13)14)10(17-2)15-4-7/h3-5H,1-2H3. The quantitative estimate of drug-likeness (QED) is 0.840. The van der Waals surface area contributed by atoms with Crippen LogP contribution in [0, 0.1) is 6.92 Å². The summed E-state index contributed by atoms with van der Waals surface area (Å²) in [5, 5.41) is 2.48. The minimum Gasteiger partial charge on any atom is -0.481 e. The predicted octanol–water partition coefficient (Wildman–Crippen LogP) is 3.54. The van der Waals surface area contributed by atoms with Gasteiger partial charge in [-0.25, -0.2) is 9.97 Å². The molecule has 0 spiro atoms. The highest BCUT2D eigenvalue weighted by Gasteiger charge is 2.35. The first-order valence-electron chi connectivity index (χ1n) is 4.95. The van der Waals surface area contributed by atoms with Crippen LogP contribution in [0.5, 0.6) is 5.88 Å². The van der Waals surface area contributed by atoms with Crippen LogP contribution < -0.4 is 4.74 Å². The molecule has 0 N–H and O–H groups in total. The largest absolute Gasteiger partial charge is 0.481 e. The molecule has 18 heavy (non-hydrogen) atoms. The summed E-state index contributed by atoms with van der Waals surface area (Å²) in [6, 6.07) is 1.00. The Morgan fingerprint density at radius 1 is 1.33 bits per heavy atom. The normalized spacial score (nSPS) is 11.6. The average molecular weight is 274 g/mol. The molecule has 0 aliphatic heterocycles. The number of nitrogens with zero attached hydrogens (tertiary/aromatic N) is 2. The molecule has 0 radical (unpaired) electrons. The SMILES string of the molecule is COc1ncc(-c2csc(C)n2)cc1C(F)(F)F. The Morgan fingerprint density at radius 3 is 2.56 bits per heavy atom. The second kappa shape index (κ2) is 4.56. The Morgan fingerprint density at radius 2 is 2.06 bits per heavy atom. The Labute approximate surface area is 105 Å². The molecule has 0 amide bonds. The lowest BCUT2D eigenvalue weighted by Gasteiger charge is -2.11. The molecule has 0 saturated heterocycles. The van der Waals surface area contributed by atoms with Crippen molar-refractivity contribution in [3.8, 4) is 17.1 Å². The van der Waals surface area contributed by atoms with Gasteiger partial charge >= 0.3 is 6.18 Å². The fourth-order valence-electron chi connectivity index (χ4n) is 1.45. The maximum atomic E-state index is 12.8. The summed E-state index contributed by atoms with van der Waals surface area (Å²) in [5.74, 6) is -0.432. The molecule has 0 bridgehead atoms. The van der Waals surface area contributed by atoms with Crippen LogP contribution in [0.3, 0.4) is 0 Å². The number of rotatable bonds is 2. The predicted molar refractivity (Wildman–Crippen MR) is 61.6 cm³/mol. The third-order valence-corrected chi connectivity index (χ3v) is 3.04. The molecule has 0 unspecified atom stereocenters. The van der Waals surface area contributed by atoms with Crippen LogP contribution in [0.2, 0.25) is 0 Å². The molecule has 0 atom stereocenters. The zero-order valence-electron chi connectivity index (χ0n) is 9.58. The summed E-state index contributed by atoms with van der Waals surface area (Å²) in [4.78, 5) is 7.80. The highest BCUT2D eigenvalue weighted by Crippen LogP contribution is 2.37. The van der Waals surface area contributed by atoms with E-state index in [0.717, 1.165) is 18.2 Å². The second-order valence-electron chi connectivity index (χ2n) is 3.53. The summed E-state index contributed by atoms with van der Waals surface area (Å²) < 4.78 is 43.0. The fourth-order valence-corrected chi connectivity index (χ4v) is 2.08. The Bertz CT molecular complexity index is 566. The molecule has 2 rings (SSSR count). The minimum absolute atomic E-state index is 0.326. The first-order chi connectivity index (χ1) is 8.41. The number of hydrogen-bond acceptors (Lipinski definition) is 4. The zero-order valence-corrected chi connectivity index (χ0v) is 10.4. The number of aryl methyl sites for hydroxylation is 1. The maximum Gasteiger partial charge on any atom is 0.421 e. The van der Waals surface area contributed by atoms with Crippen LogP contribution in [0.1, 0.15) is 10.6 Å². The number of thiazole rings is 1. The van der Waals surface area contributed by atoms with Crippen molar-refractivity contribution in [2.24, 2.45) is 0 Å². The van der Waals surface area contributed by atoms with Gasteiger partial charge in [-0.15, -0.1) is 11.3 Å². The third kappa shape index (κ3) is 2.45. The van der Waals surface area contributed by atoms with Gasteiger partial charge in [-0.05, 0) is 13.0 Å². The van der Waals surface area contributed by atoms with E-state index < -0.39 is 17.6 Å². The minimum atomic E-state index is -4.50. The number of halogens is 3. The van der Waals surface area contributed by atoms with E-state index >= 15 is 0 Å². The lowest BCUT2D eigenvalue weighted by atomic mass is 10.1. The molecule has 0 saturated carbocycles. The second-order valence-corrected chi connectivity index (χ2v) is 4.59. The molecule has 0 aromatic carbocycles. The van der Waals surface area contributed by atoms with E-state index in [1.54, 1.807) is 12.3 Å². The summed E-state index contributed by atoms with van der Waals surface area (Å²) in [7, 11) is 1.16. The van der Waals surface area contributed by atoms with Crippen molar-refractivity contribution in [2.45, 2.75) is 13.1 Å². The van der Waals surface area contributed by atoms with Gasteiger partial charge in [-0.1, -0.05) is 0 Å². The Hall–Kier alpha value is -1.63. The molecule has 0 aliphatic carbocycles. The lowest BCUT2D eigenvalue weighted by molar-refractivity contribution is -0.139. The van der Waals surface area contributed by atoms with E-state index in [1.165, 1.54) is 17.5 Å². The number of alkyl halides is 3. The third-order valence-electron chi connectivity index (χ3n) is 2.26. The van der Waals surface area contributed by atoms with Gasteiger partial charge in [0.15, 0.2) is 0 Å². The van der Waals surface area contributed by atoms with E-state index in [1.807, 2.05) is 0 Å². The van der Waals surface area contributed by atoms with E-state index in [9.17, 15) is 13.2 Å². The summed E-state index contributed by atoms with van der Waals surface area (Å²) >= 11 is 1.37. The molecule has 0 fully saturated rings. The molecule has 7 heteroatoms. The van der Waals surface area contributed by atoms with Crippen LogP contribution in [0.25, 0.3) is 11.3 Å². The van der Waals surface area contributed by atoms with E-state index in [-0.39, 0.29) is 0 Å². The molecule has 3 nitrogen and oxygen atoms in total. The van der Waals surface area contributed by atoms with Crippen molar-refractivity contribution >= 4 is 11.3 Å². The fraction of sp³-hybridized carbons (Fsp3) is 0.273. The maximum absolute atomic E-state index is 12.8. The number of ether oxygens (including phenoxy) is 1. The first kappa shape index (κ1) is 12.8. The monoisotopic (exact) mass is 274 g/mol. The van der Waals surface area contributed by atoms with Gasteiger partial charge in [-0.2, -0.15) is 13.2 Å². The highest BCUT2D eigenvalue weighted by molar-refractivity contribution is 7.09. The van der Waals surface area contributed by atoms with E-state index in [4.69, 9.17) is 0 Å². The molecule has 2 aromatic heterocycles. The van der Waals surface area contributed by atoms with Gasteiger partial charge in [0.05, 0.1) is 17.8 Å². The molecule has 2 heterocycles. The Kier molecular flexibility index (Phi) is 3.25. The zero-order chi connectivity index (χ0) is 13.3. The van der Waals surface area contributed by atoms with E-state index in [2.05, 4.69) is 14.7 Å². The Balaban J connectivity index is 2.52.